The summed E-state index contributed by atoms with van der Waals surface area (Å²) in [4.78, 5) is 45.4. The molecule has 1 amide bonds. The molecule has 0 saturated carbocycles. The number of aromatic carboxylic acids is 1. The molecule has 176 valence electrons. The second-order valence-electron chi connectivity index (χ2n) is 8.22. The van der Waals surface area contributed by atoms with E-state index in [0.717, 1.165) is 29.5 Å². The summed E-state index contributed by atoms with van der Waals surface area (Å²) in [7, 11) is 0. The van der Waals surface area contributed by atoms with E-state index < -0.39 is 15.8 Å². The predicted molar refractivity (Wildman–Crippen MR) is 122 cm³/mol. The molecule has 1 aliphatic heterocycles. The van der Waals surface area contributed by atoms with Gasteiger partial charge in [-0.2, -0.15) is 0 Å². The van der Waals surface area contributed by atoms with E-state index in [1.807, 2.05) is 20.8 Å². The van der Waals surface area contributed by atoms with Crippen LogP contribution in [0.5, 0.6) is 0 Å². The average molecular weight is 457 g/mol. The number of nitro groups is 2. The van der Waals surface area contributed by atoms with E-state index in [1.165, 1.54) is 18.2 Å². The predicted octanol–water partition coefficient (Wildman–Crippen LogP) is 4.75. The van der Waals surface area contributed by atoms with Crippen LogP contribution >= 0.6 is 0 Å². The fourth-order valence-electron chi connectivity index (χ4n) is 3.64. The third kappa shape index (κ3) is 5.71. The number of hydrogen-bond acceptors (Lipinski definition) is 6. The molecule has 10 heteroatoms. The molecule has 0 radical (unpaired) electrons. The zero-order chi connectivity index (χ0) is 25.0. The molecule has 0 aromatic heterocycles. The fourth-order valence-corrected chi connectivity index (χ4v) is 3.64. The van der Waals surface area contributed by atoms with Gasteiger partial charge < -0.3 is 10.0 Å². The first-order valence-corrected chi connectivity index (χ1v) is 10.4. The van der Waals surface area contributed by atoms with Gasteiger partial charge in [0.1, 0.15) is 11.1 Å². The summed E-state index contributed by atoms with van der Waals surface area (Å²) in [6.45, 7) is 9.76. The van der Waals surface area contributed by atoms with Crippen molar-refractivity contribution in [2.75, 3.05) is 6.54 Å². The van der Waals surface area contributed by atoms with Crippen molar-refractivity contribution in [2.45, 2.75) is 53.5 Å². The Balaban J connectivity index is 0.000000245. The third-order valence-corrected chi connectivity index (χ3v) is 5.89. The van der Waals surface area contributed by atoms with Gasteiger partial charge in [-0.05, 0) is 81.8 Å². The number of likely N-dealkylation sites (tertiary alicyclic amines) is 1. The molecule has 0 aliphatic carbocycles. The van der Waals surface area contributed by atoms with Crippen LogP contribution in [-0.2, 0) is 0 Å². The number of carbonyl (C=O) groups is 2. The molecule has 1 atom stereocenters. The number of hydrogen-bond donors (Lipinski definition) is 1. The summed E-state index contributed by atoms with van der Waals surface area (Å²) in [5.74, 6) is -1.50. The maximum Gasteiger partial charge on any atom is 0.342 e. The number of aryl methyl sites for hydroxylation is 4. The van der Waals surface area contributed by atoms with E-state index in [2.05, 4.69) is 0 Å². The molecule has 10 nitrogen and oxygen atoms in total. The van der Waals surface area contributed by atoms with Gasteiger partial charge >= 0.3 is 5.97 Å². The van der Waals surface area contributed by atoms with Crippen LogP contribution in [0.3, 0.4) is 0 Å². The Bertz CT molecular complexity index is 1090. The van der Waals surface area contributed by atoms with E-state index in [-0.39, 0.29) is 34.5 Å². The SMILES string of the molecule is Cc1cc(C(=O)N2CCC[C@H]2C)c([N+](=O)[O-])cc1C.Cc1cc(C(=O)O)c([N+](=O)[O-])cc1C. The van der Waals surface area contributed by atoms with Crippen LogP contribution in [0, 0.1) is 47.9 Å². The standard InChI is InChI=1S/C14H18N2O3.C9H9NO4/c1-9-7-12(13(16(18)19)8-10(9)2)14(17)15-6-4-5-11(15)3;1-5-3-7(9(11)12)8(10(13)14)4-6(5)2/h7-8,11H,4-6H2,1-3H3;3-4H,1-2H3,(H,11,12)/t11-;/m1./s1. The van der Waals surface area contributed by atoms with Crippen molar-refractivity contribution in [1.29, 1.82) is 0 Å². The molecule has 1 saturated heterocycles. The Morgan fingerprint density at radius 1 is 0.879 bits per heavy atom. The molecule has 1 heterocycles. The Morgan fingerprint density at radius 3 is 1.70 bits per heavy atom. The van der Waals surface area contributed by atoms with Crippen molar-refractivity contribution < 1.29 is 24.5 Å². The number of nitro benzene ring substituents is 2. The minimum Gasteiger partial charge on any atom is -0.477 e. The molecule has 33 heavy (non-hydrogen) atoms. The van der Waals surface area contributed by atoms with Crippen LogP contribution in [0.2, 0.25) is 0 Å². The first-order valence-electron chi connectivity index (χ1n) is 10.4. The minimum atomic E-state index is -1.28. The van der Waals surface area contributed by atoms with Gasteiger partial charge in [0.15, 0.2) is 0 Å². The normalized spacial score (nSPS) is 14.9. The fraction of sp³-hybridized carbons (Fsp3) is 0.391. The number of nitrogens with zero attached hydrogens (tertiary/aromatic N) is 3. The number of carbonyl (C=O) groups excluding carboxylic acids is 1. The molecule has 0 bridgehead atoms. The Labute approximate surface area is 191 Å². The molecule has 3 rings (SSSR count). The quantitative estimate of drug-likeness (QED) is 0.515. The summed E-state index contributed by atoms with van der Waals surface area (Å²) in [5, 5.41) is 30.4. The van der Waals surface area contributed by atoms with E-state index in [1.54, 1.807) is 24.8 Å². The zero-order valence-electron chi connectivity index (χ0n) is 19.2. The number of amides is 1. The number of carboxylic acids is 1. The van der Waals surface area contributed by atoms with Crippen molar-refractivity contribution in [3.63, 3.8) is 0 Å². The molecule has 1 fully saturated rings. The number of carboxylic acid groups (broad SMARTS) is 1. The van der Waals surface area contributed by atoms with Gasteiger partial charge in [0.05, 0.1) is 9.85 Å². The van der Waals surface area contributed by atoms with Crippen LogP contribution in [0.4, 0.5) is 11.4 Å². The lowest BCUT2D eigenvalue weighted by atomic mass is 10.0. The summed E-state index contributed by atoms with van der Waals surface area (Å²) in [6, 6.07) is 5.88. The van der Waals surface area contributed by atoms with Crippen LogP contribution in [-0.4, -0.2) is 44.3 Å². The van der Waals surface area contributed by atoms with Crippen LogP contribution in [0.25, 0.3) is 0 Å². The molecule has 2 aromatic rings. The van der Waals surface area contributed by atoms with Gasteiger partial charge in [-0.25, -0.2) is 4.79 Å². The lowest BCUT2D eigenvalue weighted by Gasteiger charge is -2.21. The second kappa shape index (κ2) is 10.2. The zero-order valence-corrected chi connectivity index (χ0v) is 19.2. The van der Waals surface area contributed by atoms with E-state index in [9.17, 15) is 29.8 Å². The van der Waals surface area contributed by atoms with Crippen LogP contribution < -0.4 is 0 Å². The largest absolute Gasteiger partial charge is 0.477 e. The van der Waals surface area contributed by atoms with Gasteiger partial charge in [-0.3, -0.25) is 25.0 Å². The summed E-state index contributed by atoms with van der Waals surface area (Å²) in [6.07, 6.45) is 1.93. The van der Waals surface area contributed by atoms with Crippen molar-refractivity contribution in [3.05, 3.63) is 77.9 Å². The van der Waals surface area contributed by atoms with E-state index >= 15 is 0 Å². The average Bonchev–Trinajstić information content (AvgIpc) is 3.16. The smallest absolute Gasteiger partial charge is 0.342 e. The van der Waals surface area contributed by atoms with Crippen molar-refractivity contribution in [3.8, 4) is 0 Å². The molecule has 2 aromatic carbocycles. The molecule has 1 aliphatic rings. The minimum absolute atomic E-state index is 0.0906. The molecule has 0 unspecified atom stereocenters. The summed E-state index contributed by atoms with van der Waals surface area (Å²) >= 11 is 0. The van der Waals surface area contributed by atoms with Gasteiger partial charge in [-0.1, -0.05) is 0 Å². The van der Waals surface area contributed by atoms with Crippen molar-refractivity contribution in [2.24, 2.45) is 0 Å². The highest BCUT2D eigenvalue weighted by molar-refractivity contribution is 5.99. The number of rotatable bonds is 4. The van der Waals surface area contributed by atoms with Crippen molar-refractivity contribution >= 4 is 23.3 Å². The second-order valence-corrected chi connectivity index (χ2v) is 8.22. The van der Waals surface area contributed by atoms with Gasteiger partial charge in [0.25, 0.3) is 17.3 Å². The van der Waals surface area contributed by atoms with Crippen LogP contribution in [0.1, 0.15) is 62.7 Å². The molecular weight excluding hydrogens is 430 g/mol. The Kier molecular flexibility index (Phi) is 7.86. The molecular formula is C23H27N3O7. The Hall–Kier alpha value is -3.82. The highest BCUT2D eigenvalue weighted by Crippen LogP contribution is 2.27. The third-order valence-electron chi connectivity index (χ3n) is 5.89. The first kappa shape index (κ1) is 25.4. The lowest BCUT2D eigenvalue weighted by molar-refractivity contribution is -0.385. The van der Waals surface area contributed by atoms with Gasteiger partial charge in [0, 0.05) is 24.7 Å². The van der Waals surface area contributed by atoms with Crippen LogP contribution in [0.15, 0.2) is 24.3 Å². The highest BCUT2D eigenvalue weighted by atomic mass is 16.6. The van der Waals surface area contributed by atoms with Gasteiger partial charge in [0.2, 0.25) is 0 Å². The maximum atomic E-state index is 12.5. The summed E-state index contributed by atoms with van der Waals surface area (Å²) in [5.41, 5.74) is 2.67. The molecule has 0 spiro atoms. The topological polar surface area (TPSA) is 144 Å². The van der Waals surface area contributed by atoms with Gasteiger partial charge in [-0.15, -0.1) is 0 Å². The Morgan fingerprint density at radius 2 is 1.30 bits per heavy atom. The summed E-state index contributed by atoms with van der Waals surface area (Å²) < 4.78 is 0. The maximum absolute atomic E-state index is 12.5. The van der Waals surface area contributed by atoms with Crippen molar-refractivity contribution in [1.82, 2.24) is 4.90 Å². The van der Waals surface area contributed by atoms with E-state index in [4.69, 9.17) is 5.11 Å². The number of benzene rings is 2. The monoisotopic (exact) mass is 457 g/mol. The highest BCUT2D eigenvalue weighted by Gasteiger charge is 2.31. The molecule has 1 N–H and O–H groups in total. The van der Waals surface area contributed by atoms with E-state index in [0.29, 0.717) is 12.1 Å². The first-order chi connectivity index (χ1) is 15.3. The lowest BCUT2D eigenvalue weighted by Crippen LogP contribution is -2.34.